The first-order valence-electron chi connectivity index (χ1n) is 7.68. The fourth-order valence-electron chi connectivity index (χ4n) is 4.33. The van der Waals surface area contributed by atoms with Crippen molar-refractivity contribution < 1.29 is 9.59 Å². The fourth-order valence-corrected chi connectivity index (χ4v) is 7.26. The molecule has 1 saturated carbocycles. The fraction of sp³-hybridized carbons (Fsp3) is 0.412. The Morgan fingerprint density at radius 1 is 0.808 bits per heavy atom. The van der Waals surface area contributed by atoms with Gasteiger partial charge in [-0.3, -0.25) is 9.59 Å². The van der Waals surface area contributed by atoms with E-state index in [9.17, 15) is 9.59 Å². The van der Waals surface area contributed by atoms with Crippen LogP contribution >= 0.6 is 69.6 Å². The van der Waals surface area contributed by atoms with Crippen LogP contribution in [0.1, 0.15) is 11.1 Å². The molecular weight excluding hydrogens is 463 g/mol. The number of hydrogen-bond donors (Lipinski definition) is 0. The predicted octanol–water partition coefficient (Wildman–Crippen LogP) is 5.25. The zero-order chi connectivity index (χ0) is 19.4. The highest BCUT2D eigenvalue weighted by Crippen LogP contribution is 2.77. The van der Waals surface area contributed by atoms with Gasteiger partial charge in [-0.05, 0) is 37.1 Å². The summed E-state index contributed by atoms with van der Waals surface area (Å²) in [5.74, 6) is -3.31. The molecule has 2 bridgehead atoms. The van der Waals surface area contributed by atoms with Crippen molar-refractivity contribution in [3.8, 4) is 0 Å². The predicted molar refractivity (Wildman–Crippen MR) is 106 cm³/mol. The summed E-state index contributed by atoms with van der Waals surface area (Å²) in [5.41, 5.74) is 2.24. The number of alkyl halides is 4. The minimum atomic E-state index is -1.91. The molecule has 0 spiro atoms. The van der Waals surface area contributed by atoms with Crippen LogP contribution in [0, 0.1) is 25.7 Å². The summed E-state index contributed by atoms with van der Waals surface area (Å²) < 4.78 is -1.91. The number of benzene rings is 1. The van der Waals surface area contributed by atoms with Crippen LogP contribution in [0.25, 0.3) is 0 Å². The van der Waals surface area contributed by atoms with Gasteiger partial charge in [0, 0.05) is 0 Å². The van der Waals surface area contributed by atoms with Gasteiger partial charge in [0.1, 0.15) is 9.75 Å². The summed E-state index contributed by atoms with van der Waals surface area (Å²) in [6, 6.07) is 5.40. The van der Waals surface area contributed by atoms with Gasteiger partial charge in [-0.1, -0.05) is 52.5 Å². The maximum atomic E-state index is 13.2. The molecule has 0 unspecified atom stereocenters. The first kappa shape index (κ1) is 19.2. The first-order chi connectivity index (χ1) is 11.9. The lowest BCUT2D eigenvalue weighted by atomic mass is 9.84. The molecule has 26 heavy (non-hydrogen) atoms. The molecule has 1 aliphatic heterocycles. The summed E-state index contributed by atoms with van der Waals surface area (Å²) in [6.07, 6.45) is 0. The van der Waals surface area contributed by atoms with Gasteiger partial charge < -0.3 is 0 Å². The summed E-state index contributed by atoms with van der Waals surface area (Å²) >= 11 is 38.8. The molecule has 4 rings (SSSR count). The number of amides is 2. The highest BCUT2D eigenvalue weighted by molar-refractivity contribution is 6.67. The molecule has 1 heterocycles. The molecule has 1 saturated heterocycles. The lowest BCUT2D eigenvalue weighted by Crippen LogP contribution is -2.50. The standard InChI is InChI=1S/C17H11Cl6NO2/c1-6-3-7(2)5-8(4-6)24-13(25)9-10(14(24)26)16(21)12(19)11(18)15(9,20)17(16,22)23/h3-5,9-10H,1-2H3/t9-,10-,15+,16+/m1/s1. The number of hydrogen-bond acceptors (Lipinski definition) is 2. The Morgan fingerprint density at radius 3 is 1.58 bits per heavy atom. The highest BCUT2D eigenvalue weighted by atomic mass is 35.5. The summed E-state index contributed by atoms with van der Waals surface area (Å²) in [6.45, 7) is 3.74. The summed E-state index contributed by atoms with van der Waals surface area (Å²) in [7, 11) is 0. The zero-order valence-corrected chi connectivity index (χ0v) is 18.0. The van der Waals surface area contributed by atoms with E-state index in [1.807, 2.05) is 19.9 Å². The third-order valence-corrected chi connectivity index (χ3v) is 9.63. The largest absolute Gasteiger partial charge is 0.274 e. The van der Waals surface area contributed by atoms with E-state index in [4.69, 9.17) is 69.6 Å². The third-order valence-electron chi connectivity index (χ3n) is 5.37. The number of carbonyl (C=O) groups excluding carboxylic acids is 2. The van der Waals surface area contributed by atoms with Crippen molar-refractivity contribution in [3.05, 3.63) is 39.4 Å². The SMILES string of the molecule is Cc1cc(C)cc(N2C(=O)[C@H]3[C@H](C2=O)[C@]2(Cl)C(Cl)=C(Cl)[C@]3(Cl)C2(Cl)Cl)c1. The van der Waals surface area contributed by atoms with E-state index in [0.29, 0.717) is 5.69 Å². The Balaban J connectivity index is 1.92. The van der Waals surface area contributed by atoms with Crippen LogP contribution in [0.15, 0.2) is 28.3 Å². The minimum absolute atomic E-state index is 0.0921. The van der Waals surface area contributed by atoms with E-state index in [-0.39, 0.29) is 10.1 Å². The van der Waals surface area contributed by atoms with Crippen molar-refractivity contribution in [1.82, 2.24) is 0 Å². The summed E-state index contributed by atoms with van der Waals surface area (Å²) in [4.78, 5) is 24.0. The topological polar surface area (TPSA) is 37.4 Å². The average molecular weight is 474 g/mol. The molecule has 2 aliphatic carbocycles. The van der Waals surface area contributed by atoms with Gasteiger partial charge in [0.05, 0.1) is 27.6 Å². The number of fused-ring (bicyclic) bond motifs is 5. The smallest absolute Gasteiger partial charge is 0.240 e. The van der Waals surface area contributed by atoms with Gasteiger partial charge >= 0.3 is 0 Å². The molecule has 0 N–H and O–H groups in total. The number of anilines is 1. The van der Waals surface area contributed by atoms with Crippen molar-refractivity contribution in [2.24, 2.45) is 11.8 Å². The maximum Gasteiger partial charge on any atom is 0.240 e. The second kappa shape index (κ2) is 5.46. The average Bonchev–Trinajstić information content (AvgIpc) is 2.91. The maximum absolute atomic E-state index is 13.2. The van der Waals surface area contributed by atoms with Gasteiger partial charge in [-0.15, -0.1) is 23.2 Å². The number of aryl methyl sites for hydroxylation is 2. The molecular formula is C17H11Cl6NO2. The molecule has 0 radical (unpaired) electrons. The van der Waals surface area contributed by atoms with Crippen molar-refractivity contribution in [3.63, 3.8) is 0 Å². The van der Waals surface area contributed by atoms with Crippen molar-refractivity contribution >= 4 is 87.1 Å². The number of carbonyl (C=O) groups is 2. The normalized spacial score (nSPS) is 37.8. The van der Waals surface area contributed by atoms with Gasteiger partial charge in [0.15, 0.2) is 4.33 Å². The third kappa shape index (κ3) is 1.86. The lowest BCUT2D eigenvalue weighted by molar-refractivity contribution is -0.123. The van der Waals surface area contributed by atoms with Crippen LogP contribution in [0.2, 0.25) is 0 Å². The van der Waals surface area contributed by atoms with Gasteiger partial charge in [0.25, 0.3) is 0 Å². The molecule has 3 nitrogen and oxygen atoms in total. The molecule has 2 amide bonds. The monoisotopic (exact) mass is 471 g/mol. The molecule has 0 aromatic heterocycles. The molecule has 4 atom stereocenters. The molecule has 1 aromatic carbocycles. The van der Waals surface area contributed by atoms with Crippen LogP contribution in [0.5, 0.6) is 0 Å². The Morgan fingerprint density at radius 2 is 1.19 bits per heavy atom. The number of halogens is 6. The second-order valence-electron chi connectivity index (χ2n) is 6.94. The van der Waals surface area contributed by atoms with Gasteiger partial charge in [0.2, 0.25) is 11.8 Å². The molecule has 3 aliphatic rings. The first-order valence-corrected chi connectivity index (χ1v) is 9.95. The van der Waals surface area contributed by atoms with Crippen LogP contribution in [-0.4, -0.2) is 25.9 Å². The van der Waals surface area contributed by atoms with Crippen molar-refractivity contribution in [2.45, 2.75) is 27.9 Å². The highest BCUT2D eigenvalue weighted by Gasteiger charge is 2.87. The molecule has 138 valence electrons. The van der Waals surface area contributed by atoms with E-state index in [2.05, 4.69) is 0 Å². The summed E-state index contributed by atoms with van der Waals surface area (Å²) in [5, 5.41) is -0.184. The molecule has 9 heteroatoms. The van der Waals surface area contributed by atoms with Crippen LogP contribution < -0.4 is 4.90 Å². The second-order valence-corrected chi connectivity index (χ2v) is 10.2. The van der Waals surface area contributed by atoms with E-state index in [0.717, 1.165) is 16.0 Å². The van der Waals surface area contributed by atoms with Crippen LogP contribution in [0.4, 0.5) is 5.69 Å². The van der Waals surface area contributed by atoms with E-state index < -0.39 is 37.7 Å². The number of imide groups is 1. The number of allylic oxidation sites excluding steroid dienone is 2. The quantitative estimate of drug-likeness (QED) is 0.412. The molecule has 2 fully saturated rings. The van der Waals surface area contributed by atoms with E-state index in [1.165, 1.54) is 0 Å². The molecule has 1 aromatic rings. The Kier molecular flexibility index (Phi) is 4.03. The van der Waals surface area contributed by atoms with Crippen LogP contribution in [-0.2, 0) is 9.59 Å². The Hall–Kier alpha value is -0.160. The van der Waals surface area contributed by atoms with E-state index >= 15 is 0 Å². The van der Waals surface area contributed by atoms with E-state index in [1.54, 1.807) is 12.1 Å². The Bertz CT molecular complexity index is 862. The zero-order valence-electron chi connectivity index (χ0n) is 13.4. The minimum Gasteiger partial charge on any atom is -0.274 e. The van der Waals surface area contributed by atoms with Crippen molar-refractivity contribution in [1.29, 1.82) is 0 Å². The van der Waals surface area contributed by atoms with Crippen LogP contribution in [0.3, 0.4) is 0 Å². The number of nitrogens with zero attached hydrogens (tertiary/aromatic N) is 1. The Labute approximate surface area is 180 Å². The van der Waals surface area contributed by atoms with Crippen molar-refractivity contribution in [2.75, 3.05) is 4.90 Å². The number of rotatable bonds is 1. The lowest BCUT2D eigenvalue weighted by Gasteiger charge is -2.34. The van der Waals surface area contributed by atoms with Gasteiger partial charge in [-0.2, -0.15) is 0 Å². The van der Waals surface area contributed by atoms with Gasteiger partial charge in [-0.25, -0.2) is 4.90 Å².